The van der Waals surface area contributed by atoms with Gasteiger partial charge in [0.25, 0.3) is 0 Å². The number of nitrogens with one attached hydrogen (secondary N) is 2. The molecule has 0 saturated carbocycles. The predicted octanol–water partition coefficient (Wildman–Crippen LogP) is 6.31. The van der Waals surface area contributed by atoms with Crippen LogP contribution in [0.3, 0.4) is 0 Å². The third-order valence-corrected chi connectivity index (χ3v) is 7.01. The minimum Gasteiger partial charge on any atom is -0.497 e. The first kappa shape index (κ1) is 22.9. The van der Waals surface area contributed by atoms with Crippen molar-refractivity contribution in [3.63, 3.8) is 0 Å². The summed E-state index contributed by atoms with van der Waals surface area (Å²) < 4.78 is 5.45. The molecule has 166 valence electrons. The van der Waals surface area contributed by atoms with E-state index in [4.69, 9.17) is 40.2 Å². The molecule has 1 aliphatic carbocycles. The number of aryl methyl sites for hydroxylation is 1. The maximum atomic E-state index is 6.13. The molecule has 0 spiro atoms. The van der Waals surface area contributed by atoms with Gasteiger partial charge in [0.2, 0.25) is 0 Å². The summed E-state index contributed by atoms with van der Waals surface area (Å²) in [5.41, 5.74) is 5.08. The van der Waals surface area contributed by atoms with Crippen molar-refractivity contribution in [1.29, 1.82) is 0 Å². The van der Waals surface area contributed by atoms with E-state index in [1.54, 1.807) is 13.2 Å². The summed E-state index contributed by atoms with van der Waals surface area (Å²) in [6.07, 6.45) is 2.95. The number of thiocarbonyl (C=S) groups is 1. The molecule has 3 aromatic rings. The zero-order chi connectivity index (χ0) is 22.5. The van der Waals surface area contributed by atoms with E-state index in [0.29, 0.717) is 27.6 Å². The van der Waals surface area contributed by atoms with E-state index in [0.717, 1.165) is 30.6 Å². The molecule has 1 aliphatic rings. The normalized spacial score (nSPS) is 17.3. The SMILES string of the molecule is COc1ccc2c(c1)CCC(NC(=S)NCc1ccc(Cl)c(Cl)c1)C2Cc1ccccc1. The lowest BCUT2D eigenvalue weighted by molar-refractivity contribution is 0.406. The zero-order valence-corrected chi connectivity index (χ0v) is 20.2. The van der Waals surface area contributed by atoms with Gasteiger partial charge >= 0.3 is 0 Å². The van der Waals surface area contributed by atoms with Gasteiger partial charge in [0.15, 0.2) is 5.11 Å². The molecule has 0 bridgehead atoms. The van der Waals surface area contributed by atoms with Crippen molar-refractivity contribution in [1.82, 2.24) is 10.6 Å². The van der Waals surface area contributed by atoms with Crippen molar-refractivity contribution < 1.29 is 4.74 Å². The lowest BCUT2D eigenvalue weighted by atomic mass is 9.76. The van der Waals surface area contributed by atoms with E-state index >= 15 is 0 Å². The van der Waals surface area contributed by atoms with Crippen molar-refractivity contribution in [2.75, 3.05) is 7.11 Å². The molecule has 3 aromatic carbocycles. The van der Waals surface area contributed by atoms with Crippen LogP contribution in [0.4, 0.5) is 0 Å². The highest BCUT2D eigenvalue weighted by atomic mass is 35.5. The Hall–Kier alpha value is -2.27. The van der Waals surface area contributed by atoms with Crippen molar-refractivity contribution in [3.8, 4) is 5.75 Å². The predicted molar refractivity (Wildman–Crippen MR) is 137 cm³/mol. The van der Waals surface area contributed by atoms with E-state index in [1.165, 1.54) is 16.7 Å². The molecule has 0 amide bonds. The first-order chi connectivity index (χ1) is 15.5. The van der Waals surface area contributed by atoms with Gasteiger partial charge < -0.3 is 15.4 Å². The Bertz CT molecular complexity index is 1090. The van der Waals surface area contributed by atoms with E-state index < -0.39 is 0 Å². The highest BCUT2D eigenvalue weighted by Crippen LogP contribution is 2.36. The smallest absolute Gasteiger partial charge is 0.166 e. The molecule has 0 radical (unpaired) electrons. The van der Waals surface area contributed by atoms with Crippen LogP contribution in [0.25, 0.3) is 0 Å². The van der Waals surface area contributed by atoms with E-state index in [2.05, 4.69) is 59.2 Å². The van der Waals surface area contributed by atoms with Gasteiger partial charge in [-0.2, -0.15) is 0 Å². The Labute approximate surface area is 205 Å². The Kier molecular flexibility index (Phi) is 7.56. The fraction of sp³-hybridized carbons (Fsp3) is 0.269. The molecule has 3 nitrogen and oxygen atoms in total. The number of methoxy groups -OCH3 is 1. The Morgan fingerprint density at radius 3 is 2.56 bits per heavy atom. The summed E-state index contributed by atoms with van der Waals surface area (Å²) >= 11 is 17.8. The number of rotatable bonds is 6. The van der Waals surface area contributed by atoms with Crippen molar-refractivity contribution >= 4 is 40.5 Å². The van der Waals surface area contributed by atoms with Crippen LogP contribution in [0.2, 0.25) is 10.0 Å². The molecule has 0 aromatic heterocycles. The van der Waals surface area contributed by atoms with Crippen LogP contribution >= 0.6 is 35.4 Å². The monoisotopic (exact) mass is 484 g/mol. The minimum absolute atomic E-state index is 0.241. The summed E-state index contributed by atoms with van der Waals surface area (Å²) in [4.78, 5) is 0. The Balaban J connectivity index is 1.49. The average molecular weight is 485 g/mol. The first-order valence-electron chi connectivity index (χ1n) is 10.7. The molecular formula is C26H26Cl2N2OS. The maximum absolute atomic E-state index is 6.13. The van der Waals surface area contributed by atoms with Crippen molar-refractivity contribution in [2.45, 2.75) is 37.8 Å². The van der Waals surface area contributed by atoms with Gasteiger partial charge in [-0.05, 0) is 78.0 Å². The molecule has 2 atom stereocenters. The molecule has 0 fully saturated rings. The van der Waals surface area contributed by atoms with Crippen LogP contribution in [0, 0.1) is 0 Å². The van der Waals surface area contributed by atoms with Gasteiger partial charge in [-0.25, -0.2) is 0 Å². The number of fused-ring (bicyclic) bond motifs is 1. The molecular weight excluding hydrogens is 459 g/mol. The van der Waals surface area contributed by atoms with Crippen molar-refractivity contribution in [2.24, 2.45) is 0 Å². The van der Waals surface area contributed by atoms with E-state index in [1.807, 2.05) is 12.1 Å². The van der Waals surface area contributed by atoms with Crippen LogP contribution in [0.5, 0.6) is 5.75 Å². The topological polar surface area (TPSA) is 33.3 Å². The summed E-state index contributed by atoms with van der Waals surface area (Å²) in [5.74, 6) is 1.23. The number of hydrogen-bond acceptors (Lipinski definition) is 2. The Morgan fingerprint density at radius 2 is 1.81 bits per heavy atom. The summed E-state index contributed by atoms with van der Waals surface area (Å²) in [7, 11) is 1.72. The van der Waals surface area contributed by atoms with Gasteiger partial charge in [-0.1, -0.05) is 65.7 Å². The molecule has 2 N–H and O–H groups in total. The fourth-order valence-electron chi connectivity index (χ4n) is 4.36. The van der Waals surface area contributed by atoms with Crippen molar-refractivity contribution in [3.05, 3.63) is 99.0 Å². The second kappa shape index (κ2) is 10.6. The molecule has 32 heavy (non-hydrogen) atoms. The van der Waals surface area contributed by atoms with Gasteiger partial charge in [-0.15, -0.1) is 0 Å². The minimum atomic E-state index is 0.241. The lowest BCUT2D eigenvalue weighted by Gasteiger charge is -2.35. The summed E-state index contributed by atoms with van der Waals surface area (Å²) in [6.45, 7) is 0.590. The van der Waals surface area contributed by atoms with Gasteiger partial charge in [-0.3, -0.25) is 0 Å². The number of halogens is 2. The second-order valence-corrected chi connectivity index (χ2v) is 9.30. The van der Waals surface area contributed by atoms with Gasteiger partial charge in [0.1, 0.15) is 5.75 Å². The molecule has 0 heterocycles. The summed E-state index contributed by atoms with van der Waals surface area (Å²) in [5, 5.41) is 8.65. The summed E-state index contributed by atoms with van der Waals surface area (Å²) in [6, 6.07) is 22.9. The third-order valence-electron chi connectivity index (χ3n) is 6.01. The second-order valence-electron chi connectivity index (χ2n) is 8.08. The number of hydrogen-bond donors (Lipinski definition) is 2. The zero-order valence-electron chi connectivity index (χ0n) is 17.9. The van der Waals surface area contributed by atoms with Crippen LogP contribution in [0.1, 0.15) is 34.6 Å². The quantitative estimate of drug-likeness (QED) is 0.401. The fourth-order valence-corrected chi connectivity index (χ4v) is 4.90. The first-order valence-corrected chi connectivity index (χ1v) is 11.9. The van der Waals surface area contributed by atoms with Gasteiger partial charge in [0.05, 0.1) is 17.2 Å². The van der Waals surface area contributed by atoms with Crippen LogP contribution in [0.15, 0.2) is 66.7 Å². The molecule has 2 unspecified atom stereocenters. The van der Waals surface area contributed by atoms with Crippen LogP contribution < -0.4 is 15.4 Å². The maximum Gasteiger partial charge on any atom is 0.166 e. The molecule has 0 aliphatic heterocycles. The van der Waals surface area contributed by atoms with E-state index in [-0.39, 0.29) is 6.04 Å². The standard InChI is InChI=1S/C26H26Cl2N2OS/c1-31-20-9-10-21-19(15-20)8-12-25(22(21)13-17-5-3-2-4-6-17)30-26(32)29-16-18-7-11-23(27)24(28)14-18/h2-7,9-11,14-15,22,25H,8,12-13,16H2,1H3,(H2,29,30,32). The Morgan fingerprint density at radius 1 is 1.00 bits per heavy atom. The van der Waals surface area contributed by atoms with Gasteiger partial charge in [0, 0.05) is 18.5 Å². The number of benzene rings is 3. The highest BCUT2D eigenvalue weighted by molar-refractivity contribution is 7.80. The number of ether oxygens (including phenoxy) is 1. The van der Waals surface area contributed by atoms with Crippen LogP contribution in [-0.4, -0.2) is 18.3 Å². The average Bonchev–Trinajstić information content (AvgIpc) is 2.81. The lowest BCUT2D eigenvalue weighted by Crippen LogP contribution is -2.46. The molecule has 4 rings (SSSR count). The van der Waals surface area contributed by atoms with E-state index in [9.17, 15) is 0 Å². The highest BCUT2D eigenvalue weighted by Gasteiger charge is 2.30. The molecule has 6 heteroatoms. The largest absolute Gasteiger partial charge is 0.497 e. The third kappa shape index (κ3) is 5.55. The van der Waals surface area contributed by atoms with Crippen LogP contribution in [-0.2, 0) is 19.4 Å². The molecule has 0 saturated heterocycles.